The summed E-state index contributed by atoms with van der Waals surface area (Å²) in [6.45, 7) is 7.01. The number of benzene rings is 3. The minimum atomic E-state index is -3.61. The molecule has 4 rings (SSSR count). The Morgan fingerprint density at radius 1 is 0.906 bits per heavy atom. The number of hydrogen-bond acceptors (Lipinski definition) is 3. The van der Waals surface area contributed by atoms with E-state index < -0.39 is 10.0 Å². The van der Waals surface area contributed by atoms with E-state index in [0.29, 0.717) is 5.69 Å². The van der Waals surface area contributed by atoms with Crippen molar-refractivity contribution < 1.29 is 8.42 Å². The fraction of sp³-hybridized carbons (Fsp3) is 0.269. The second-order valence-corrected chi connectivity index (χ2v) is 9.90. The van der Waals surface area contributed by atoms with Crippen molar-refractivity contribution in [3.8, 4) is 0 Å². The van der Waals surface area contributed by atoms with Crippen LogP contribution < -0.4 is 4.72 Å². The highest BCUT2D eigenvalue weighted by molar-refractivity contribution is 7.92. The molecule has 0 amide bonds. The summed E-state index contributed by atoms with van der Waals surface area (Å²) in [7, 11) is -3.61. The highest BCUT2D eigenvalue weighted by Gasteiger charge is 2.15. The maximum absolute atomic E-state index is 12.7. The topological polar surface area (TPSA) is 64.0 Å². The van der Waals surface area contributed by atoms with Crippen LogP contribution in [0.4, 0.5) is 5.69 Å². The second kappa shape index (κ2) is 9.17. The molecule has 0 saturated heterocycles. The van der Waals surface area contributed by atoms with E-state index in [1.165, 1.54) is 5.52 Å². The predicted molar refractivity (Wildman–Crippen MR) is 131 cm³/mol. The number of fused-ring (bicyclic) bond motifs is 1. The first-order valence-corrected chi connectivity index (χ1v) is 12.5. The van der Waals surface area contributed by atoms with Crippen LogP contribution in [0.2, 0.25) is 0 Å². The fourth-order valence-electron chi connectivity index (χ4n) is 3.88. The van der Waals surface area contributed by atoms with Gasteiger partial charge in [-0.05, 0) is 79.8 Å². The molecule has 6 heteroatoms. The lowest BCUT2D eigenvalue weighted by atomic mass is 10.1. The van der Waals surface area contributed by atoms with Gasteiger partial charge in [0.05, 0.1) is 15.9 Å². The van der Waals surface area contributed by atoms with Gasteiger partial charge in [-0.3, -0.25) is 4.72 Å². The Morgan fingerprint density at radius 3 is 2.38 bits per heavy atom. The number of para-hydroxylation sites is 2. The zero-order valence-corrected chi connectivity index (χ0v) is 19.6. The average Bonchev–Trinajstić information content (AvgIpc) is 3.13. The monoisotopic (exact) mass is 447 g/mol. The van der Waals surface area contributed by atoms with E-state index in [1.54, 1.807) is 12.1 Å². The molecule has 3 aromatic carbocycles. The molecule has 0 aliphatic rings. The van der Waals surface area contributed by atoms with Crippen LogP contribution in [-0.4, -0.2) is 18.0 Å². The summed E-state index contributed by atoms with van der Waals surface area (Å²) in [5.41, 5.74) is 5.95. The van der Waals surface area contributed by atoms with E-state index in [2.05, 4.69) is 34.4 Å². The van der Waals surface area contributed by atoms with Gasteiger partial charge in [0.1, 0.15) is 5.82 Å². The molecule has 0 aliphatic carbocycles. The zero-order valence-electron chi connectivity index (χ0n) is 18.8. The second-order valence-electron chi connectivity index (χ2n) is 8.22. The number of aromatic nitrogens is 2. The van der Waals surface area contributed by atoms with Gasteiger partial charge >= 0.3 is 0 Å². The smallest absolute Gasteiger partial charge is 0.261 e. The van der Waals surface area contributed by atoms with Crippen LogP contribution in [0.15, 0.2) is 71.6 Å². The molecule has 0 bridgehead atoms. The molecule has 0 unspecified atom stereocenters. The largest absolute Gasteiger partial charge is 0.328 e. The van der Waals surface area contributed by atoms with Gasteiger partial charge in [-0.2, -0.15) is 0 Å². The number of sulfonamides is 1. The minimum Gasteiger partial charge on any atom is -0.328 e. The normalized spacial score (nSPS) is 11.7. The Hall–Kier alpha value is -3.12. The zero-order chi connectivity index (χ0) is 22.7. The lowest BCUT2D eigenvalue weighted by Gasteiger charge is -2.11. The maximum atomic E-state index is 12.7. The molecule has 1 heterocycles. The Labute approximate surface area is 190 Å². The van der Waals surface area contributed by atoms with E-state index >= 15 is 0 Å². The fourth-order valence-corrected chi connectivity index (χ4v) is 5.02. The van der Waals surface area contributed by atoms with Crippen LogP contribution in [-0.2, 0) is 29.4 Å². The summed E-state index contributed by atoms with van der Waals surface area (Å²) in [6.07, 6.45) is 2.74. The van der Waals surface area contributed by atoms with Crippen LogP contribution in [0.25, 0.3) is 11.0 Å². The highest BCUT2D eigenvalue weighted by Crippen LogP contribution is 2.21. The number of rotatable bonds is 8. The maximum Gasteiger partial charge on any atom is 0.261 e. The number of anilines is 1. The van der Waals surface area contributed by atoms with Gasteiger partial charge in [0.15, 0.2) is 0 Å². The van der Waals surface area contributed by atoms with Crippen LogP contribution in [0.5, 0.6) is 0 Å². The van der Waals surface area contributed by atoms with Crippen molar-refractivity contribution in [1.82, 2.24) is 9.55 Å². The van der Waals surface area contributed by atoms with Crippen LogP contribution in [0.1, 0.15) is 35.9 Å². The summed E-state index contributed by atoms with van der Waals surface area (Å²) in [6, 6.07) is 21.0. The third-order valence-electron chi connectivity index (χ3n) is 5.81. The van der Waals surface area contributed by atoms with Gasteiger partial charge in [0, 0.05) is 18.7 Å². The molecule has 5 nitrogen and oxygen atoms in total. The number of nitrogens with one attached hydrogen (secondary N) is 1. The van der Waals surface area contributed by atoms with Crippen LogP contribution in [0, 0.1) is 13.8 Å². The number of aryl methyl sites for hydroxylation is 5. The molecule has 1 N–H and O–H groups in total. The lowest BCUT2D eigenvalue weighted by Crippen LogP contribution is -2.13. The van der Waals surface area contributed by atoms with Crippen LogP contribution in [0.3, 0.4) is 0 Å². The summed E-state index contributed by atoms with van der Waals surface area (Å²) in [4.78, 5) is 5.11. The van der Waals surface area contributed by atoms with Gasteiger partial charge < -0.3 is 4.57 Å². The molecule has 0 radical (unpaired) electrons. The molecule has 0 saturated carbocycles. The Morgan fingerprint density at radius 2 is 1.66 bits per heavy atom. The van der Waals surface area contributed by atoms with E-state index in [9.17, 15) is 8.42 Å². The molecular weight excluding hydrogens is 418 g/mol. The van der Waals surface area contributed by atoms with Crippen LogP contribution >= 0.6 is 0 Å². The SMILES string of the molecule is CCCn1c(CCc2ccc(NS(=O)(=O)c3ccc(C)c(C)c3)cc2)nc2ccccc21. The quantitative estimate of drug-likeness (QED) is 0.380. The number of nitrogens with zero attached hydrogens (tertiary/aromatic N) is 2. The predicted octanol–water partition coefficient (Wildman–Crippen LogP) is 5.65. The van der Waals surface area contributed by atoms with E-state index in [1.807, 2.05) is 50.2 Å². The van der Waals surface area contributed by atoms with Gasteiger partial charge in [-0.25, -0.2) is 13.4 Å². The summed E-state index contributed by atoms with van der Waals surface area (Å²) < 4.78 is 30.4. The number of hydrogen-bond donors (Lipinski definition) is 1. The van der Waals surface area contributed by atoms with Gasteiger partial charge in [-0.1, -0.05) is 37.3 Å². The van der Waals surface area contributed by atoms with E-state index in [0.717, 1.165) is 53.8 Å². The Balaban J connectivity index is 1.46. The summed E-state index contributed by atoms with van der Waals surface area (Å²) in [5.74, 6) is 1.09. The van der Waals surface area contributed by atoms with Crippen molar-refractivity contribution in [2.75, 3.05) is 4.72 Å². The minimum absolute atomic E-state index is 0.277. The summed E-state index contributed by atoms with van der Waals surface area (Å²) >= 11 is 0. The first kappa shape index (κ1) is 22.1. The van der Waals surface area contributed by atoms with Gasteiger partial charge in [0.25, 0.3) is 10.0 Å². The Kier molecular flexibility index (Phi) is 6.33. The molecular formula is C26H29N3O2S. The highest BCUT2D eigenvalue weighted by atomic mass is 32.2. The van der Waals surface area contributed by atoms with E-state index in [-0.39, 0.29) is 4.90 Å². The van der Waals surface area contributed by atoms with Gasteiger partial charge in [-0.15, -0.1) is 0 Å². The first-order valence-electron chi connectivity index (χ1n) is 11.0. The Bertz CT molecular complexity index is 1340. The van der Waals surface area contributed by atoms with Crippen molar-refractivity contribution in [2.24, 2.45) is 0 Å². The average molecular weight is 448 g/mol. The molecule has 0 aliphatic heterocycles. The van der Waals surface area contributed by atoms with Crippen molar-refractivity contribution in [2.45, 2.75) is 51.5 Å². The van der Waals surface area contributed by atoms with Crippen molar-refractivity contribution >= 4 is 26.7 Å². The first-order chi connectivity index (χ1) is 15.4. The van der Waals surface area contributed by atoms with Crippen molar-refractivity contribution in [1.29, 1.82) is 0 Å². The number of imidazole rings is 1. The molecule has 0 fully saturated rings. The lowest BCUT2D eigenvalue weighted by molar-refractivity contribution is 0.601. The van der Waals surface area contributed by atoms with Crippen molar-refractivity contribution in [3.63, 3.8) is 0 Å². The molecule has 0 spiro atoms. The third kappa shape index (κ3) is 4.70. The summed E-state index contributed by atoms with van der Waals surface area (Å²) in [5, 5.41) is 0. The molecule has 32 heavy (non-hydrogen) atoms. The molecule has 4 aromatic rings. The third-order valence-corrected chi connectivity index (χ3v) is 7.19. The van der Waals surface area contributed by atoms with E-state index in [4.69, 9.17) is 4.98 Å². The molecule has 166 valence electrons. The molecule has 0 atom stereocenters. The molecule has 1 aromatic heterocycles. The standard InChI is InChI=1S/C26H29N3O2S/c1-4-17-29-25-8-6-5-7-24(25)27-26(29)16-12-21-10-13-22(14-11-21)28-32(30,31)23-15-9-19(2)20(3)18-23/h5-11,13-15,18,28H,4,12,16-17H2,1-3H3. The van der Waals surface area contributed by atoms with Crippen molar-refractivity contribution in [3.05, 3.63) is 89.2 Å². The van der Waals surface area contributed by atoms with Gasteiger partial charge in [0.2, 0.25) is 0 Å².